The molecule has 0 heterocycles. The smallest absolute Gasteiger partial charge is 0.337 e. The molecule has 0 aromatic heterocycles. The number of halogens is 2. The van der Waals surface area contributed by atoms with E-state index in [9.17, 15) is 22.7 Å². The summed E-state index contributed by atoms with van der Waals surface area (Å²) in [6.07, 6.45) is 0.443. The summed E-state index contributed by atoms with van der Waals surface area (Å²) in [5, 5.41) is 9.44. The highest BCUT2D eigenvalue weighted by molar-refractivity contribution is 9.10. The summed E-state index contributed by atoms with van der Waals surface area (Å²) in [5.74, 6) is -1.79. The Kier molecular flexibility index (Phi) is 5.29. The Morgan fingerprint density at radius 3 is 2.33 bits per heavy atom. The molecule has 8 heteroatoms. The van der Waals surface area contributed by atoms with E-state index < -0.39 is 21.8 Å². The first-order chi connectivity index (χ1) is 11.2. The number of aryl methyl sites for hydroxylation is 1. The molecular formula is C16H15BrFNO4S. The number of rotatable bonds is 5. The molecule has 0 fully saturated rings. The number of hydrogen-bond acceptors (Lipinski definition) is 3. The molecule has 0 aliphatic carbocycles. The van der Waals surface area contributed by atoms with Crippen molar-refractivity contribution in [2.45, 2.75) is 18.2 Å². The van der Waals surface area contributed by atoms with Crippen molar-refractivity contribution in [3.63, 3.8) is 0 Å². The largest absolute Gasteiger partial charge is 0.478 e. The number of benzene rings is 2. The van der Waals surface area contributed by atoms with Crippen LogP contribution in [0, 0.1) is 5.82 Å². The Bertz CT molecular complexity index is 882. The van der Waals surface area contributed by atoms with E-state index in [4.69, 9.17) is 0 Å². The minimum Gasteiger partial charge on any atom is -0.478 e. The molecule has 24 heavy (non-hydrogen) atoms. The van der Waals surface area contributed by atoms with Gasteiger partial charge < -0.3 is 5.11 Å². The maximum Gasteiger partial charge on any atom is 0.337 e. The molecule has 1 N–H and O–H groups in total. The zero-order chi connectivity index (χ0) is 18.1. The van der Waals surface area contributed by atoms with Gasteiger partial charge in [0.2, 0.25) is 0 Å². The van der Waals surface area contributed by atoms with Gasteiger partial charge in [0, 0.05) is 11.5 Å². The van der Waals surface area contributed by atoms with Crippen LogP contribution in [0.5, 0.6) is 0 Å². The summed E-state index contributed by atoms with van der Waals surface area (Å²) in [5.41, 5.74) is 0.530. The van der Waals surface area contributed by atoms with Crippen LogP contribution in [0.2, 0.25) is 0 Å². The highest BCUT2D eigenvalue weighted by Crippen LogP contribution is 2.33. The number of carboxylic acids is 1. The Hall–Kier alpha value is -1.93. The van der Waals surface area contributed by atoms with E-state index in [0.717, 1.165) is 28.6 Å². The van der Waals surface area contributed by atoms with Gasteiger partial charge in [-0.2, -0.15) is 0 Å². The standard InChI is InChI=1S/C16H15BrFNO4S/c1-3-10-8-11(17)9-14(16(20)21)15(10)19(2)24(22,23)13-6-4-12(18)5-7-13/h4-9H,3H2,1-2H3,(H,20,21). The molecule has 0 saturated carbocycles. The van der Waals surface area contributed by atoms with Crippen molar-refractivity contribution in [3.8, 4) is 0 Å². The van der Waals surface area contributed by atoms with Crippen LogP contribution in [-0.4, -0.2) is 26.5 Å². The Labute approximate surface area is 147 Å². The zero-order valence-electron chi connectivity index (χ0n) is 13.0. The maximum atomic E-state index is 13.0. The Morgan fingerprint density at radius 1 is 1.25 bits per heavy atom. The lowest BCUT2D eigenvalue weighted by molar-refractivity contribution is 0.0697. The van der Waals surface area contributed by atoms with Crippen molar-refractivity contribution in [3.05, 3.63) is 57.8 Å². The van der Waals surface area contributed by atoms with E-state index >= 15 is 0 Å². The zero-order valence-corrected chi connectivity index (χ0v) is 15.4. The second-order valence-electron chi connectivity index (χ2n) is 5.05. The molecule has 0 spiro atoms. The molecule has 0 atom stereocenters. The van der Waals surface area contributed by atoms with Gasteiger partial charge in [0.1, 0.15) is 5.82 Å². The maximum absolute atomic E-state index is 13.0. The number of sulfonamides is 1. The van der Waals surface area contributed by atoms with Crippen LogP contribution in [0.15, 0.2) is 45.8 Å². The van der Waals surface area contributed by atoms with E-state index in [-0.39, 0.29) is 16.1 Å². The van der Waals surface area contributed by atoms with Crippen LogP contribution >= 0.6 is 15.9 Å². The number of hydrogen-bond donors (Lipinski definition) is 1. The van der Waals surface area contributed by atoms with Gasteiger partial charge in [0.05, 0.1) is 16.1 Å². The first kappa shape index (κ1) is 18.4. The number of carbonyl (C=O) groups is 1. The molecular weight excluding hydrogens is 401 g/mol. The SMILES string of the molecule is CCc1cc(Br)cc(C(=O)O)c1N(C)S(=O)(=O)c1ccc(F)cc1. The molecule has 0 saturated heterocycles. The van der Waals surface area contributed by atoms with Gasteiger partial charge >= 0.3 is 5.97 Å². The average molecular weight is 416 g/mol. The second-order valence-corrected chi connectivity index (χ2v) is 7.93. The fraction of sp³-hybridized carbons (Fsp3) is 0.188. The summed E-state index contributed by atoms with van der Waals surface area (Å²) >= 11 is 3.24. The van der Waals surface area contributed by atoms with Crippen molar-refractivity contribution in [2.24, 2.45) is 0 Å². The van der Waals surface area contributed by atoms with Crippen molar-refractivity contribution >= 4 is 37.6 Å². The van der Waals surface area contributed by atoms with Crippen molar-refractivity contribution in [2.75, 3.05) is 11.4 Å². The predicted octanol–water partition coefficient (Wildman–Crippen LogP) is 3.67. The summed E-state index contributed by atoms with van der Waals surface area (Å²) in [7, 11) is -2.74. The molecule has 2 aromatic rings. The van der Waals surface area contributed by atoms with Gasteiger partial charge in [-0.15, -0.1) is 0 Å². The molecule has 0 radical (unpaired) electrons. The fourth-order valence-corrected chi connectivity index (χ4v) is 4.10. The molecule has 0 aliphatic heterocycles. The fourth-order valence-electron chi connectivity index (χ4n) is 2.34. The van der Waals surface area contributed by atoms with Gasteiger partial charge in [0.25, 0.3) is 10.0 Å². The van der Waals surface area contributed by atoms with Crippen LogP contribution < -0.4 is 4.31 Å². The van der Waals surface area contributed by atoms with Crippen molar-refractivity contribution < 1.29 is 22.7 Å². The van der Waals surface area contributed by atoms with Gasteiger partial charge in [-0.3, -0.25) is 4.31 Å². The summed E-state index contributed by atoms with van der Waals surface area (Å²) in [4.78, 5) is 11.4. The predicted molar refractivity (Wildman–Crippen MR) is 92.5 cm³/mol. The van der Waals surface area contributed by atoms with Crippen LogP contribution in [0.3, 0.4) is 0 Å². The number of aromatic carboxylic acids is 1. The molecule has 2 rings (SSSR count). The topological polar surface area (TPSA) is 74.7 Å². The summed E-state index contributed by atoms with van der Waals surface area (Å²) in [6.45, 7) is 1.80. The van der Waals surface area contributed by atoms with Crippen LogP contribution in [0.1, 0.15) is 22.8 Å². The van der Waals surface area contributed by atoms with Crippen LogP contribution in [-0.2, 0) is 16.4 Å². The van der Waals surface area contributed by atoms with Crippen molar-refractivity contribution in [1.29, 1.82) is 0 Å². The van der Waals surface area contributed by atoms with Gasteiger partial charge in [0.15, 0.2) is 0 Å². The molecule has 0 amide bonds. The third kappa shape index (κ3) is 3.44. The molecule has 128 valence electrons. The minimum absolute atomic E-state index is 0.0949. The quantitative estimate of drug-likeness (QED) is 0.807. The highest BCUT2D eigenvalue weighted by Gasteiger charge is 2.27. The van der Waals surface area contributed by atoms with E-state index in [1.165, 1.54) is 13.1 Å². The van der Waals surface area contributed by atoms with Gasteiger partial charge in [-0.1, -0.05) is 22.9 Å². The summed E-state index contributed by atoms with van der Waals surface area (Å²) < 4.78 is 40.1. The lowest BCUT2D eigenvalue weighted by atomic mass is 10.1. The lowest BCUT2D eigenvalue weighted by Crippen LogP contribution is -2.29. The molecule has 0 aliphatic rings. The van der Waals surface area contributed by atoms with Gasteiger partial charge in [-0.05, 0) is 48.4 Å². The molecule has 0 unspecified atom stereocenters. The Balaban J connectivity index is 2.66. The van der Waals surface area contributed by atoms with Crippen molar-refractivity contribution in [1.82, 2.24) is 0 Å². The number of nitrogens with zero attached hydrogens (tertiary/aromatic N) is 1. The normalized spacial score (nSPS) is 11.3. The van der Waals surface area contributed by atoms with E-state index in [0.29, 0.717) is 16.5 Å². The lowest BCUT2D eigenvalue weighted by Gasteiger charge is -2.24. The third-order valence-corrected chi connectivity index (χ3v) is 5.78. The number of anilines is 1. The van der Waals surface area contributed by atoms with Crippen LogP contribution in [0.25, 0.3) is 0 Å². The highest BCUT2D eigenvalue weighted by atomic mass is 79.9. The second kappa shape index (κ2) is 6.90. The first-order valence-electron chi connectivity index (χ1n) is 6.98. The van der Waals surface area contributed by atoms with Gasteiger partial charge in [-0.25, -0.2) is 17.6 Å². The molecule has 5 nitrogen and oxygen atoms in total. The summed E-state index contributed by atoms with van der Waals surface area (Å²) in [6, 6.07) is 7.41. The number of carboxylic acid groups (broad SMARTS) is 1. The van der Waals surface area contributed by atoms with E-state index in [1.54, 1.807) is 13.0 Å². The molecule has 2 aromatic carbocycles. The third-order valence-electron chi connectivity index (χ3n) is 3.55. The first-order valence-corrected chi connectivity index (χ1v) is 9.22. The molecule has 0 bridgehead atoms. The minimum atomic E-state index is -4.02. The van der Waals surface area contributed by atoms with Crippen LogP contribution in [0.4, 0.5) is 10.1 Å². The average Bonchev–Trinajstić information content (AvgIpc) is 2.53. The Morgan fingerprint density at radius 2 is 1.83 bits per heavy atom. The monoisotopic (exact) mass is 415 g/mol. The van der Waals surface area contributed by atoms with E-state index in [1.807, 2.05) is 0 Å². The van der Waals surface area contributed by atoms with E-state index in [2.05, 4.69) is 15.9 Å².